The quantitative estimate of drug-likeness (QED) is 0.518. The Kier molecular flexibility index (Phi) is 8.60. The Balaban J connectivity index is 2.13. The van der Waals surface area contributed by atoms with Gasteiger partial charge in [0.2, 0.25) is 0 Å². The zero-order valence-corrected chi connectivity index (χ0v) is 20.2. The second-order valence-electron chi connectivity index (χ2n) is 8.40. The molecule has 0 bridgehead atoms. The first kappa shape index (κ1) is 24.1. The van der Waals surface area contributed by atoms with Gasteiger partial charge in [0, 0.05) is 18.7 Å². The Labute approximate surface area is 182 Å². The van der Waals surface area contributed by atoms with Gasteiger partial charge in [-0.15, -0.1) is 0 Å². The number of methoxy groups -OCH3 is 1. The third-order valence-electron chi connectivity index (χ3n) is 5.66. The fraction of sp³-hybridized carbons (Fsp3) is 0.538. The molecule has 2 aromatic carbocycles. The zero-order chi connectivity index (χ0) is 22.4. The molecule has 30 heavy (non-hydrogen) atoms. The predicted molar refractivity (Wildman–Crippen MR) is 125 cm³/mol. The molecule has 0 spiro atoms. The van der Waals surface area contributed by atoms with Gasteiger partial charge in [0.15, 0.2) is 0 Å². The van der Waals surface area contributed by atoms with Gasteiger partial charge < -0.3 is 19.5 Å². The summed E-state index contributed by atoms with van der Waals surface area (Å²) < 4.78 is 18.0. The Hall–Kier alpha value is -2.20. The standard InChI is InChI=1S/C26H39NO3/c1-10-29-25-19(6)20(7)26(28-9)23(21(25)8)15-27-14-18(5)30-24-13-17(4)11-12-22(24)16(2)3/h11-13,16,18,27H,10,14-15H2,1-9H3. The van der Waals surface area contributed by atoms with Crippen LogP contribution in [0.2, 0.25) is 0 Å². The van der Waals surface area contributed by atoms with Gasteiger partial charge in [-0.05, 0) is 81.3 Å². The summed E-state index contributed by atoms with van der Waals surface area (Å²) in [6.45, 7) is 19.0. The molecule has 1 atom stereocenters. The summed E-state index contributed by atoms with van der Waals surface area (Å²) in [6.07, 6.45) is 0.0495. The highest BCUT2D eigenvalue weighted by Gasteiger charge is 2.19. The Morgan fingerprint density at radius 1 is 0.933 bits per heavy atom. The van der Waals surface area contributed by atoms with Crippen LogP contribution in [0.15, 0.2) is 18.2 Å². The molecule has 166 valence electrons. The lowest BCUT2D eigenvalue weighted by atomic mass is 9.97. The van der Waals surface area contributed by atoms with Gasteiger partial charge in [-0.1, -0.05) is 26.0 Å². The maximum atomic E-state index is 6.30. The smallest absolute Gasteiger partial charge is 0.127 e. The third kappa shape index (κ3) is 5.48. The molecule has 1 unspecified atom stereocenters. The van der Waals surface area contributed by atoms with Crippen molar-refractivity contribution >= 4 is 0 Å². The molecular weight excluding hydrogens is 374 g/mol. The maximum absolute atomic E-state index is 6.30. The Morgan fingerprint density at radius 3 is 2.20 bits per heavy atom. The third-order valence-corrected chi connectivity index (χ3v) is 5.66. The molecule has 1 N–H and O–H groups in total. The summed E-state index contributed by atoms with van der Waals surface area (Å²) in [4.78, 5) is 0. The molecule has 0 radical (unpaired) electrons. The van der Waals surface area contributed by atoms with E-state index in [9.17, 15) is 0 Å². The fourth-order valence-electron chi connectivity index (χ4n) is 3.88. The van der Waals surface area contributed by atoms with Crippen molar-refractivity contribution < 1.29 is 14.2 Å². The topological polar surface area (TPSA) is 39.7 Å². The summed E-state index contributed by atoms with van der Waals surface area (Å²) in [5.74, 6) is 3.33. The molecule has 2 aromatic rings. The zero-order valence-electron chi connectivity index (χ0n) is 20.2. The highest BCUT2D eigenvalue weighted by Crippen LogP contribution is 2.37. The monoisotopic (exact) mass is 413 g/mol. The van der Waals surface area contributed by atoms with Crippen LogP contribution >= 0.6 is 0 Å². The Morgan fingerprint density at radius 2 is 1.60 bits per heavy atom. The number of ether oxygens (including phenoxy) is 3. The number of aryl methyl sites for hydroxylation is 1. The summed E-state index contributed by atoms with van der Waals surface area (Å²) >= 11 is 0. The van der Waals surface area contributed by atoms with Crippen LogP contribution in [0.25, 0.3) is 0 Å². The minimum Gasteiger partial charge on any atom is -0.496 e. The van der Waals surface area contributed by atoms with Crippen molar-refractivity contribution in [3.8, 4) is 17.2 Å². The molecule has 0 amide bonds. The van der Waals surface area contributed by atoms with Gasteiger partial charge in [0.25, 0.3) is 0 Å². The van der Waals surface area contributed by atoms with Gasteiger partial charge in [0.05, 0.1) is 13.7 Å². The first-order valence-corrected chi connectivity index (χ1v) is 11.0. The van der Waals surface area contributed by atoms with Crippen molar-refractivity contribution in [3.05, 3.63) is 51.6 Å². The highest BCUT2D eigenvalue weighted by molar-refractivity contribution is 5.58. The van der Waals surface area contributed by atoms with E-state index in [1.54, 1.807) is 7.11 Å². The van der Waals surface area contributed by atoms with E-state index in [2.05, 4.69) is 72.0 Å². The van der Waals surface area contributed by atoms with Crippen molar-refractivity contribution in [3.63, 3.8) is 0 Å². The molecule has 0 heterocycles. The molecule has 0 aromatic heterocycles. The molecule has 0 saturated heterocycles. The van der Waals surface area contributed by atoms with Crippen LogP contribution in [0.5, 0.6) is 17.2 Å². The Bertz CT molecular complexity index is 858. The van der Waals surface area contributed by atoms with Crippen molar-refractivity contribution in [1.82, 2.24) is 5.32 Å². The maximum Gasteiger partial charge on any atom is 0.127 e. The van der Waals surface area contributed by atoms with Crippen LogP contribution in [-0.2, 0) is 6.54 Å². The van der Waals surface area contributed by atoms with Crippen LogP contribution < -0.4 is 19.5 Å². The lowest BCUT2D eigenvalue weighted by Gasteiger charge is -2.23. The van der Waals surface area contributed by atoms with E-state index in [0.29, 0.717) is 19.1 Å². The van der Waals surface area contributed by atoms with E-state index in [4.69, 9.17) is 14.2 Å². The van der Waals surface area contributed by atoms with Crippen molar-refractivity contribution in [2.75, 3.05) is 20.3 Å². The molecule has 0 saturated carbocycles. The van der Waals surface area contributed by atoms with Crippen LogP contribution in [0, 0.1) is 27.7 Å². The lowest BCUT2D eigenvalue weighted by Crippen LogP contribution is -2.29. The average molecular weight is 414 g/mol. The van der Waals surface area contributed by atoms with Gasteiger partial charge in [-0.3, -0.25) is 0 Å². The van der Waals surface area contributed by atoms with Crippen molar-refractivity contribution in [1.29, 1.82) is 0 Å². The van der Waals surface area contributed by atoms with E-state index in [1.165, 1.54) is 11.1 Å². The highest BCUT2D eigenvalue weighted by atomic mass is 16.5. The van der Waals surface area contributed by atoms with E-state index in [-0.39, 0.29) is 6.10 Å². The molecule has 4 heteroatoms. The van der Waals surface area contributed by atoms with Crippen molar-refractivity contribution in [2.24, 2.45) is 0 Å². The summed E-state index contributed by atoms with van der Waals surface area (Å²) in [6, 6.07) is 6.46. The summed E-state index contributed by atoms with van der Waals surface area (Å²) in [7, 11) is 1.74. The predicted octanol–water partition coefficient (Wildman–Crippen LogP) is 6.01. The van der Waals surface area contributed by atoms with E-state index in [0.717, 1.165) is 46.0 Å². The van der Waals surface area contributed by atoms with Gasteiger partial charge in [0.1, 0.15) is 23.4 Å². The van der Waals surface area contributed by atoms with Crippen LogP contribution in [0.3, 0.4) is 0 Å². The SMILES string of the molecule is CCOc1c(C)c(C)c(OC)c(CNCC(C)Oc2cc(C)ccc2C(C)C)c1C. The molecule has 0 fully saturated rings. The fourth-order valence-corrected chi connectivity index (χ4v) is 3.88. The number of nitrogens with one attached hydrogen (secondary N) is 1. The van der Waals surface area contributed by atoms with E-state index < -0.39 is 0 Å². The van der Waals surface area contributed by atoms with Gasteiger partial charge in [-0.25, -0.2) is 0 Å². The van der Waals surface area contributed by atoms with E-state index >= 15 is 0 Å². The van der Waals surface area contributed by atoms with Crippen LogP contribution in [-0.4, -0.2) is 26.4 Å². The largest absolute Gasteiger partial charge is 0.496 e. The first-order chi connectivity index (χ1) is 14.2. The van der Waals surface area contributed by atoms with Crippen LogP contribution in [0.4, 0.5) is 0 Å². The lowest BCUT2D eigenvalue weighted by molar-refractivity contribution is 0.213. The minimum absolute atomic E-state index is 0.0495. The minimum atomic E-state index is 0.0495. The molecule has 0 aliphatic heterocycles. The first-order valence-electron chi connectivity index (χ1n) is 11.0. The molecular formula is C26H39NO3. The molecule has 2 rings (SSSR count). The summed E-state index contributed by atoms with van der Waals surface area (Å²) in [5, 5.41) is 3.56. The molecule has 0 aliphatic rings. The molecule has 4 nitrogen and oxygen atoms in total. The van der Waals surface area contributed by atoms with Gasteiger partial charge in [-0.2, -0.15) is 0 Å². The van der Waals surface area contributed by atoms with Crippen molar-refractivity contribution in [2.45, 2.75) is 74.0 Å². The molecule has 0 aliphatic carbocycles. The van der Waals surface area contributed by atoms with Gasteiger partial charge >= 0.3 is 0 Å². The number of hydrogen-bond donors (Lipinski definition) is 1. The number of rotatable bonds is 10. The van der Waals surface area contributed by atoms with Crippen LogP contribution in [0.1, 0.15) is 67.0 Å². The second-order valence-corrected chi connectivity index (χ2v) is 8.40. The second kappa shape index (κ2) is 10.7. The normalized spacial score (nSPS) is 12.2. The number of hydrogen-bond acceptors (Lipinski definition) is 4. The van der Waals surface area contributed by atoms with E-state index in [1.807, 2.05) is 6.92 Å². The summed E-state index contributed by atoms with van der Waals surface area (Å²) in [5.41, 5.74) is 7.03. The number of benzene rings is 2. The average Bonchev–Trinajstić information content (AvgIpc) is 2.69.